The summed E-state index contributed by atoms with van der Waals surface area (Å²) in [5.74, 6) is -2.10. The third-order valence-electron chi connectivity index (χ3n) is 2.47. The number of hydrogen-bond donors (Lipinski definition) is 1. The molecule has 0 aliphatic carbocycles. The predicted molar refractivity (Wildman–Crippen MR) is 73.2 cm³/mol. The zero-order valence-electron chi connectivity index (χ0n) is 10.0. The van der Waals surface area contributed by atoms with Gasteiger partial charge in [-0.05, 0) is 48.9 Å². The maximum absolute atomic E-state index is 13.4. The first-order valence-electron chi connectivity index (χ1n) is 5.49. The predicted octanol–water partition coefficient (Wildman–Crippen LogP) is 4.29. The second-order valence-electron chi connectivity index (χ2n) is 4.10. The molecule has 2 aromatic rings. The number of benzene rings is 2. The Morgan fingerprint density at radius 3 is 2.58 bits per heavy atom. The third kappa shape index (κ3) is 3.38. The van der Waals surface area contributed by atoms with Crippen molar-refractivity contribution in [1.82, 2.24) is 0 Å². The molecule has 0 aliphatic heterocycles. The van der Waals surface area contributed by atoms with Gasteiger partial charge < -0.3 is 5.32 Å². The van der Waals surface area contributed by atoms with E-state index in [1.54, 1.807) is 12.1 Å². The lowest BCUT2D eigenvalue weighted by Gasteiger charge is -2.08. The SMILES string of the molecule is Cc1cc(Br)cc(NC(=O)c2cc(F)ccc2F)c1. The van der Waals surface area contributed by atoms with Crippen LogP contribution < -0.4 is 5.32 Å². The summed E-state index contributed by atoms with van der Waals surface area (Å²) in [6.07, 6.45) is 0. The average molecular weight is 326 g/mol. The summed E-state index contributed by atoms with van der Waals surface area (Å²) in [7, 11) is 0. The Hall–Kier alpha value is -1.75. The quantitative estimate of drug-likeness (QED) is 0.876. The first kappa shape index (κ1) is 13.7. The summed E-state index contributed by atoms with van der Waals surface area (Å²) < 4.78 is 27.3. The first-order chi connectivity index (χ1) is 8.95. The van der Waals surface area contributed by atoms with E-state index in [1.165, 1.54) is 0 Å². The number of carbonyl (C=O) groups is 1. The molecule has 0 aliphatic rings. The van der Waals surface area contributed by atoms with E-state index in [9.17, 15) is 13.6 Å². The lowest BCUT2D eigenvalue weighted by Crippen LogP contribution is -2.14. The van der Waals surface area contributed by atoms with Crippen molar-refractivity contribution in [3.05, 3.63) is 63.6 Å². The Bertz CT molecular complexity index is 623. The molecule has 0 saturated heterocycles. The van der Waals surface area contributed by atoms with Gasteiger partial charge in [0, 0.05) is 10.2 Å². The molecule has 1 amide bonds. The van der Waals surface area contributed by atoms with Gasteiger partial charge in [0.2, 0.25) is 0 Å². The number of aryl methyl sites for hydroxylation is 1. The molecule has 98 valence electrons. The molecule has 0 bridgehead atoms. The van der Waals surface area contributed by atoms with Crippen LogP contribution in [0.3, 0.4) is 0 Å². The highest BCUT2D eigenvalue weighted by atomic mass is 79.9. The van der Waals surface area contributed by atoms with Crippen LogP contribution in [0.15, 0.2) is 40.9 Å². The van der Waals surface area contributed by atoms with Crippen molar-refractivity contribution in [2.75, 3.05) is 5.32 Å². The Kier molecular flexibility index (Phi) is 3.95. The van der Waals surface area contributed by atoms with Crippen LogP contribution in [0.5, 0.6) is 0 Å². The van der Waals surface area contributed by atoms with Crippen LogP contribution >= 0.6 is 15.9 Å². The number of nitrogens with one attached hydrogen (secondary N) is 1. The highest BCUT2D eigenvalue weighted by Crippen LogP contribution is 2.20. The number of carbonyl (C=O) groups excluding carboxylic acids is 1. The number of rotatable bonds is 2. The van der Waals surface area contributed by atoms with Crippen molar-refractivity contribution in [2.24, 2.45) is 0 Å². The Morgan fingerprint density at radius 2 is 1.89 bits per heavy atom. The summed E-state index contributed by atoms with van der Waals surface area (Å²) in [5, 5.41) is 2.53. The molecule has 5 heteroatoms. The molecular weight excluding hydrogens is 316 g/mol. The molecule has 0 aromatic heterocycles. The fourth-order valence-corrected chi connectivity index (χ4v) is 2.29. The monoisotopic (exact) mass is 325 g/mol. The first-order valence-corrected chi connectivity index (χ1v) is 6.28. The van der Waals surface area contributed by atoms with Gasteiger partial charge in [0.25, 0.3) is 5.91 Å². The van der Waals surface area contributed by atoms with Crippen molar-refractivity contribution in [3.8, 4) is 0 Å². The van der Waals surface area contributed by atoms with Gasteiger partial charge in [-0.1, -0.05) is 15.9 Å². The smallest absolute Gasteiger partial charge is 0.258 e. The second kappa shape index (κ2) is 5.48. The Labute approximate surface area is 117 Å². The van der Waals surface area contributed by atoms with Crippen molar-refractivity contribution in [2.45, 2.75) is 6.92 Å². The molecule has 0 spiro atoms. The molecule has 0 atom stereocenters. The fourth-order valence-electron chi connectivity index (χ4n) is 1.68. The van der Waals surface area contributed by atoms with E-state index in [0.29, 0.717) is 5.69 Å². The molecule has 0 radical (unpaired) electrons. The lowest BCUT2D eigenvalue weighted by atomic mass is 10.1. The minimum Gasteiger partial charge on any atom is -0.322 e. The van der Waals surface area contributed by atoms with E-state index in [2.05, 4.69) is 21.2 Å². The van der Waals surface area contributed by atoms with Crippen LogP contribution in [0.25, 0.3) is 0 Å². The normalized spacial score (nSPS) is 10.3. The van der Waals surface area contributed by atoms with Gasteiger partial charge in [-0.15, -0.1) is 0 Å². The summed E-state index contributed by atoms with van der Waals surface area (Å²) >= 11 is 3.30. The zero-order valence-corrected chi connectivity index (χ0v) is 11.6. The van der Waals surface area contributed by atoms with Crippen molar-refractivity contribution < 1.29 is 13.6 Å². The average Bonchev–Trinajstić information content (AvgIpc) is 2.30. The molecule has 2 rings (SSSR count). The standard InChI is InChI=1S/C14H10BrF2NO/c1-8-4-9(15)6-11(5-8)18-14(19)12-7-10(16)2-3-13(12)17/h2-7H,1H3,(H,18,19). The van der Waals surface area contributed by atoms with E-state index in [0.717, 1.165) is 28.2 Å². The van der Waals surface area contributed by atoms with Gasteiger partial charge in [-0.2, -0.15) is 0 Å². The third-order valence-corrected chi connectivity index (χ3v) is 2.93. The molecule has 0 unspecified atom stereocenters. The number of hydrogen-bond acceptors (Lipinski definition) is 1. The fraction of sp³-hybridized carbons (Fsp3) is 0.0714. The molecule has 0 fully saturated rings. The molecule has 0 heterocycles. The highest BCUT2D eigenvalue weighted by Gasteiger charge is 2.13. The second-order valence-corrected chi connectivity index (χ2v) is 5.01. The van der Waals surface area contributed by atoms with Gasteiger partial charge in [0.15, 0.2) is 0 Å². The van der Waals surface area contributed by atoms with E-state index >= 15 is 0 Å². The topological polar surface area (TPSA) is 29.1 Å². The van der Waals surface area contributed by atoms with Gasteiger partial charge >= 0.3 is 0 Å². The van der Waals surface area contributed by atoms with Gasteiger partial charge in [-0.25, -0.2) is 8.78 Å². The van der Waals surface area contributed by atoms with Crippen molar-refractivity contribution in [3.63, 3.8) is 0 Å². The number of anilines is 1. The maximum Gasteiger partial charge on any atom is 0.258 e. The van der Waals surface area contributed by atoms with Crippen LogP contribution in [-0.2, 0) is 0 Å². The molecule has 19 heavy (non-hydrogen) atoms. The van der Waals surface area contributed by atoms with Crippen LogP contribution in [0, 0.1) is 18.6 Å². The number of amides is 1. The van der Waals surface area contributed by atoms with Crippen LogP contribution in [0.1, 0.15) is 15.9 Å². The minimum absolute atomic E-state index is 0.322. The summed E-state index contributed by atoms with van der Waals surface area (Å²) in [4.78, 5) is 11.9. The van der Waals surface area contributed by atoms with E-state index < -0.39 is 17.5 Å². The zero-order chi connectivity index (χ0) is 14.0. The molecule has 0 saturated carbocycles. The summed E-state index contributed by atoms with van der Waals surface area (Å²) in [5.41, 5.74) is 1.13. The van der Waals surface area contributed by atoms with Crippen LogP contribution in [0.2, 0.25) is 0 Å². The molecule has 2 aromatic carbocycles. The highest BCUT2D eigenvalue weighted by molar-refractivity contribution is 9.10. The number of halogens is 3. The van der Waals surface area contributed by atoms with Crippen molar-refractivity contribution >= 4 is 27.5 Å². The van der Waals surface area contributed by atoms with Gasteiger partial charge in [-0.3, -0.25) is 4.79 Å². The lowest BCUT2D eigenvalue weighted by molar-refractivity contribution is 0.102. The molecular formula is C14H10BrF2NO. The largest absolute Gasteiger partial charge is 0.322 e. The summed E-state index contributed by atoms with van der Waals surface area (Å²) in [6.45, 7) is 1.86. The maximum atomic E-state index is 13.4. The molecule has 2 nitrogen and oxygen atoms in total. The Morgan fingerprint density at radius 1 is 1.16 bits per heavy atom. The molecule has 1 N–H and O–H groups in total. The summed E-state index contributed by atoms with van der Waals surface area (Å²) in [6, 6.07) is 8.06. The van der Waals surface area contributed by atoms with E-state index in [1.807, 2.05) is 13.0 Å². The van der Waals surface area contributed by atoms with Gasteiger partial charge in [0.05, 0.1) is 5.56 Å². The van der Waals surface area contributed by atoms with Crippen LogP contribution in [0.4, 0.5) is 14.5 Å². The van der Waals surface area contributed by atoms with E-state index in [4.69, 9.17) is 0 Å². The van der Waals surface area contributed by atoms with E-state index in [-0.39, 0.29) is 5.56 Å². The van der Waals surface area contributed by atoms with Crippen molar-refractivity contribution in [1.29, 1.82) is 0 Å². The van der Waals surface area contributed by atoms with Gasteiger partial charge in [0.1, 0.15) is 11.6 Å². The Balaban J connectivity index is 2.28. The van der Waals surface area contributed by atoms with Crippen LogP contribution in [-0.4, -0.2) is 5.91 Å². The minimum atomic E-state index is -0.759.